The van der Waals surface area contributed by atoms with Crippen molar-refractivity contribution in [3.8, 4) is 0 Å². The van der Waals surface area contributed by atoms with Gasteiger partial charge in [-0.1, -0.05) is 43.7 Å². The molecule has 24 heavy (non-hydrogen) atoms. The lowest BCUT2D eigenvalue weighted by Gasteiger charge is -2.31. The molecule has 1 aromatic carbocycles. The normalized spacial score (nSPS) is 18.5. The lowest BCUT2D eigenvalue weighted by Crippen LogP contribution is -2.49. The number of carbonyl (C=O) groups is 2. The van der Waals surface area contributed by atoms with Gasteiger partial charge in [0.2, 0.25) is 5.91 Å². The summed E-state index contributed by atoms with van der Waals surface area (Å²) in [4.78, 5) is 27.4. The molecule has 0 radical (unpaired) electrons. The van der Waals surface area contributed by atoms with Crippen LogP contribution < -0.4 is 5.32 Å². The molecule has 2 amide bonds. The van der Waals surface area contributed by atoms with Crippen LogP contribution in [0.2, 0.25) is 0 Å². The average molecular weight is 327 g/mol. The van der Waals surface area contributed by atoms with E-state index in [1.165, 1.54) is 4.68 Å². The van der Waals surface area contributed by atoms with Crippen molar-refractivity contribution in [2.75, 3.05) is 5.32 Å². The van der Waals surface area contributed by atoms with E-state index in [9.17, 15) is 9.59 Å². The summed E-state index contributed by atoms with van der Waals surface area (Å²) in [5.74, 6) is -0.410. The molecule has 0 aliphatic carbocycles. The van der Waals surface area contributed by atoms with E-state index in [4.69, 9.17) is 0 Å². The van der Waals surface area contributed by atoms with Crippen molar-refractivity contribution in [1.82, 2.24) is 19.9 Å². The van der Waals surface area contributed by atoms with Gasteiger partial charge in [-0.25, -0.2) is 0 Å². The van der Waals surface area contributed by atoms with Gasteiger partial charge in [0.05, 0.1) is 6.20 Å². The summed E-state index contributed by atoms with van der Waals surface area (Å²) < 4.78 is 1.48. The molecule has 1 aliphatic rings. The van der Waals surface area contributed by atoms with Crippen molar-refractivity contribution in [3.63, 3.8) is 0 Å². The molecule has 1 aliphatic heterocycles. The third-order valence-electron chi connectivity index (χ3n) is 4.49. The van der Waals surface area contributed by atoms with Crippen LogP contribution in [0.3, 0.4) is 0 Å². The van der Waals surface area contributed by atoms with Crippen LogP contribution in [-0.2, 0) is 18.4 Å². The highest BCUT2D eigenvalue weighted by Crippen LogP contribution is 2.28. The number of hydrogen-bond donors (Lipinski definition) is 1. The molecule has 2 aromatic rings. The summed E-state index contributed by atoms with van der Waals surface area (Å²) in [5.41, 5.74) is 1.91. The highest BCUT2D eigenvalue weighted by Gasteiger charge is 2.37. The summed E-state index contributed by atoms with van der Waals surface area (Å²) in [6, 6.07) is 7.01. The Morgan fingerprint density at radius 2 is 2.17 bits per heavy atom. The highest BCUT2D eigenvalue weighted by atomic mass is 16.2. The number of fused-ring (bicyclic) bond motifs is 1. The van der Waals surface area contributed by atoms with Gasteiger partial charge in [-0.3, -0.25) is 14.3 Å². The number of nitrogens with one attached hydrogen (secondary N) is 1. The molecule has 2 unspecified atom stereocenters. The van der Waals surface area contributed by atoms with E-state index in [1.807, 2.05) is 38.1 Å². The Kier molecular flexibility index (Phi) is 4.33. The van der Waals surface area contributed by atoms with Crippen LogP contribution in [-0.4, -0.2) is 37.7 Å². The second-order valence-electron chi connectivity index (χ2n) is 6.19. The summed E-state index contributed by atoms with van der Waals surface area (Å²) in [6.07, 6.45) is 2.36. The smallest absolute Gasteiger partial charge is 0.277 e. The maximum Gasteiger partial charge on any atom is 0.277 e. The SMILES string of the molecule is CCC(C)C1C(=O)Nc2ccccc2CN1C(=O)c1cn(C)nn1. The van der Waals surface area contributed by atoms with E-state index < -0.39 is 6.04 Å². The fourth-order valence-corrected chi connectivity index (χ4v) is 2.99. The van der Waals surface area contributed by atoms with E-state index in [1.54, 1.807) is 18.1 Å². The molecular weight excluding hydrogens is 306 g/mol. The zero-order valence-electron chi connectivity index (χ0n) is 14.1. The van der Waals surface area contributed by atoms with Crippen LogP contribution in [0.4, 0.5) is 5.69 Å². The quantitative estimate of drug-likeness (QED) is 0.932. The molecule has 1 N–H and O–H groups in total. The molecule has 2 heterocycles. The topological polar surface area (TPSA) is 80.1 Å². The zero-order chi connectivity index (χ0) is 17.3. The number of aromatic nitrogens is 3. The van der Waals surface area contributed by atoms with Crippen molar-refractivity contribution in [2.45, 2.75) is 32.9 Å². The van der Waals surface area contributed by atoms with Gasteiger partial charge in [-0.2, -0.15) is 0 Å². The van der Waals surface area contributed by atoms with E-state index in [0.29, 0.717) is 6.54 Å². The third-order valence-corrected chi connectivity index (χ3v) is 4.49. The van der Waals surface area contributed by atoms with Crippen LogP contribution in [0, 0.1) is 5.92 Å². The fraction of sp³-hybridized carbons (Fsp3) is 0.412. The molecule has 7 nitrogen and oxygen atoms in total. The van der Waals surface area contributed by atoms with Gasteiger partial charge in [0.25, 0.3) is 5.91 Å². The number of hydrogen-bond acceptors (Lipinski definition) is 4. The monoisotopic (exact) mass is 327 g/mol. The standard InChI is InChI=1S/C17H21N5O2/c1-4-11(2)15-16(23)18-13-8-6-5-7-12(13)9-22(15)17(24)14-10-21(3)20-19-14/h5-8,10-11,15H,4,9H2,1-3H3,(H,18,23). The number of carbonyl (C=O) groups excluding carboxylic acids is 2. The van der Waals surface area contributed by atoms with Crippen molar-refractivity contribution in [3.05, 3.63) is 41.7 Å². The van der Waals surface area contributed by atoms with E-state index in [-0.39, 0.29) is 23.4 Å². The summed E-state index contributed by atoms with van der Waals surface area (Å²) >= 11 is 0. The summed E-state index contributed by atoms with van der Waals surface area (Å²) in [7, 11) is 1.71. The lowest BCUT2D eigenvalue weighted by molar-refractivity contribution is -0.122. The molecule has 0 saturated carbocycles. The van der Waals surface area contributed by atoms with Crippen LogP contribution in [0.5, 0.6) is 0 Å². The third kappa shape index (κ3) is 2.89. The number of para-hydroxylation sites is 1. The van der Waals surface area contributed by atoms with Crippen molar-refractivity contribution in [2.24, 2.45) is 13.0 Å². The second-order valence-corrected chi connectivity index (χ2v) is 6.19. The van der Waals surface area contributed by atoms with Gasteiger partial charge in [-0.15, -0.1) is 5.10 Å². The first-order valence-electron chi connectivity index (χ1n) is 8.07. The molecule has 3 rings (SSSR count). The molecule has 2 atom stereocenters. The van der Waals surface area contributed by atoms with Gasteiger partial charge in [0.15, 0.2) is 5.69 Å². The number of benzene rings is 1. The largest absolute Gasteiger partial charge is 0.324 e. The Balaban J connectivity index is 2.03. The number of anilines is 1. The Morgan fingerprint density at radius 1 is 1.42 bits per heavy atom. The maximum atomic E-state index is 13.0. The van der Waals surface area contributed by atoms with Gasteiger partial charge >= 0.3 is 0 Å². The Labute approximate surface area is 140 Å². The Hall–Kier alpha value is -2.70. The molecule has 7 heteroatoms. The van der Waals surface area contributed by atoms with Crippen LogP contribution in [0.25, 0.3) is 0 Å². The van der Waals surface area contributed by atoms with E-state index in [0.717, 1.165) is 17.7 Å². The molecule has 0 saturated heterocycles. The molecule has 0 bridgehead atoms. The second kappa shape index (κ2) is 6.43. The lowest BCUT2D eigenvalue weighted by atomic mass is 9.96. The molecule has 126 valence electrons. The summed E-state index contributed by atoms with van der Waals surface area (Å²) in [6.45, 7) is 4.36. The predicted octanol–water partition coefficient (Wildman–Crippen LogP) is 1.82. The van der Waals surface area contributed by atoms with Crippen LogP contribution in [0.1, 0.15) is 36.3 Å². The summed E-state index contributed by atoms with van der Waals surface area (Å²) in [5, 5.41) is 10.7. The average Bonchev–Trinajstić information content (AvgIpc) is 2.94. The minimum Gasteiger partial charge on any atom is -0.324 e. The minimum atomic E-state index is -0.545. The molecule has 0 spiro atoms. The highest BCUT2D eigenvalue weighted by molar-refractivity contribution is 6.01. The maximum absolute atomic E-state index is 13.0. The minimum absolute atomic E-state index is 0.0277. The number of rotatable bonds is 3. The van der Waals surface area contributed by atoms with Crippen LogP contribution >= 0.6 is 0 Å². The fourth-order valence-electron chi connectivity index (χ4n) is 2.99. The first kappa shape index (κ1) is 16.2. The van der Waals surface area contributed by atoms with Gasteiger partial charge in [0, 0.05) is 19.3 Å². The first-order chi connectivity index (χ1) is 11.5. The molecule has 0 fully saturated rings. The van der Waals surface area contributed by atoms with E-state index >= 15 is 0 Å². The van der Waals surface area contributed by atoms with Crippen molar-refractivity contribution >= 4 is 17.5 Å². The molecular formula is C17H21N5O2. The number of amides is 2. The number of nitrogens with zero attached hydrogens (tertiary/aromatic N) is 4. The van der Waals surface area contributed by atoms with E-state index in [2.05, 4.69) is 15.6 Å². The molecule has 1 aromatic heterocycles. The van der Waals surface area contributed by atoms with Gasteiger partial charge < -0.3 is 10.2 Å². The van der Waals surface area contributed by atoms with Crippen LogP contribution in [0.15, 0.2) is 30.5 Å². The van der Waals surface area contributed by atoms with Crippen molar-refractivity contribution < 1.29 is 9.59 Å². The zero-order valence-corrected chi connectivity index (χ0v) is 14.1. The van der Waals surface area contributed by atoms with Gasteiger partial charge in [0.1, 0.15) is 6.04 Å². The van der Waals surface area contributed by atoms with Crippen molar-refractivity contribution in [1.29, 1.82) is 0 Å². The number of aryl methyl sites for hydroxylation is 1. The predicted molar refractivity (Wildman–Crippen MR) is 89.2 cm³/mol. The first-order valence-corrected chi connectivity index (χ1v) is 8.07. The van der Waals surface area contributed by atoms with Gasteiger partial charge in [-0.05, 0) is 17.5 Å². The Bertz CT molecular complexity index is 770. The Morgan fingerprint density at radius 3 is 2.83 bits per heavy atom.